The molecule has 0 aromatic heterocycles. The molecule has 0 atom stereocenters. The molecule has 0 saturated heterocycles. The number of halogens is 2. The van der Waals surface area contributed by atoms with Crippen LogP contribution in [-0.4, -0.2) is 13.0 Å². The number of ether oxygens (including phenoxy) is 2. The van der Waals surface area contributed by atoms with E-state index in [1.54, 1.807) is 25.3 Å². The Morgan fingerprint density at radius 2 is 1.67 bits per heavy atom. The molecule has 33 heavy (non-hydrogen) atoms. The molecular weight excluding hydrogens is 548 g/mol. The van der Waals surface area contributed by atoms with Crippen LogP contribution in [-0.2, 0) is 11.4 Å². The van der Waals surface area contributed by atoms with Crippen LogP contribution in [0.1, 0.15) is 22.3 Å². The zero-order valence-electron chi connectivity index (χ0n) is 18.4. The van der Waals surface area contributed by atoms with Gasteiger partial charge < -0.3 is 14.8 Å². The maximum Gasteiger partial charge on any atom is 0.266 e. The first-order chi connectivity index (χ1) is 15.8. The van der Waals surface area contributed by atoms with E-state index in [0.29, 0.717) is 29.4 Å². The zero-order chi connectivity index (χ0) is 24.0. The molecule has 0 heterocycles. The highest BCUT2D eigenvalue weighted by Gasteiger charge is 2.15. The minimum atomic E-state index is -0.513. The largest absolute Gasteiger partial charge is 0.493 e. The summed E-state index contributed by atoms with van der Waals surface area (Å²) in [7, 11) is 1.55. The van der Waals surface area contributed by atoms with Crippen molar-refractivity contribution < 1.29 is 14.3 Å². The molecule has 0 aliphatic heterocycles. The first-order valence-corrected chi connectivity index (χ1v) is 11.6. The van der Waals surface area contributed by atoms with Gasteiger partial charge in [-0.15, -0.1) is 0 Å². The van der Waals surface area contributed by atoms with Crippen molar-refractivity contribution in [1.29, 1.82) is 5.26 Å². The quantitative estimate of drug-likeness (QED) is 0.246. The zero-order valence-corrected chi connectivity index (χ0v) is 21.6. The first-order valence-electron chi connectivity index (χ1n) is 10.1. The lowest BCUT2D eigenvalue weighted by molar-refractivity contribution is -0.112. The number of hydrogen-bond donors (Lipinski definition) is 1. The number of nitriles is 1. The summed E-state index contributed by atoms with van der Waals surface area (Å²) in [6.45, 7) is 4.38. The second-order valence-electron chi connectivity index (χ2n) is 7.41. The topological polar surface area (TPSA) is 71.3 Å². The molecule has 3 aromatic carbocycles. The van der Waals surface area contributed by atoms with Crippen molar-refractivity contribution in [2.24, 2.45) is 0 Å². The van der Waals surface area contributed by atoms with Gasteiger partial charge in [0.15, 0.2) is 11.5 Å². The number of hydrogen-bond acceptors (Lipinski definition) is 4. The third-order valence-corrected chi connectivity index (χ3v) is 6.05. The van der Waals surface area contributed by atoms with E-state index in [0.717, 1.165) is 20.1 Å². The lowest BCUT2D eigenvalue weighted by Crippen LogP contribution is -2.14. The van der Waals surface area contributed by atoms with E-state index in [9.17, 15) is 10.1 Å². The van der Waals surface area contributed by atoms with Crippen molar-refractivity contribution in [3.8, 4) is 17.6 Å². The predicted octanol–water partition coefficient (Wildman–Crippen LogP) is 6.96. The van der Waals surface area contributed by atoms with Crippen LogP contribution in [0.3, 0.4) is 0 Å². The number of amides is 1. The third-order valence-electron chi connectivity index (χ3n) is 4.80. The van der Waals surface area contributed by atoms with Gasteiger partial charge >= 0.3 is 0 Å². The van der Waals surface area contributed by atoms with E-state index in [-0.39, 0.29) is 5.57 Å². The predicted molar refractivity (Wildman–Crippen MR) is 137 cm³/mol. The van der Waals surface area contributed by atoms with Gasteiger partial charge in [0.1, 0.15) is 18.2 Å². The van der Waals surface area contributed by atoms with Crippen molar-refractivity contribution in [1.82, 2.24) is 0 Å². The summed E-state index contributed by atoms with van der Waals surface area (Å²) in [5.41, 5.74) is 4.42. The summed E-state index contributed by atoms with van der Waals surface area (Å²) < 4.78 is 12.8. The fourth-order valence-corrected chi connectivity index (χ4v) is 4.67. The Morgan fingerprint density at radius 1 is 1.00 bits per heavy atom. The van der Waals surface area contributed by atoms with Gasteiger partial charge in [-0.1, -0.05) is 35.9 Å². The molecule has 0 saturated carbocycles. The Bertz CT molecular complexity index is 1220. The summed E-state index contributed by atoms with van der Waals surface area (Å²) in [4.78, 5) is 12.7. The normalized spacial score (nSPS) is 11.0. The molecule has 3 rings (SSSR count). The SMILES string of the molecule is COc1cc(/C=C(\C#N)C(=O)Nc2c(Br)cc(C)cc2Br)ccc1OCc1ccc(C)cc1. The molecule has 0 fully saturated rings. The number of methoxy groups -OCH3 is 1. The Kier molecular flexibility index (Phi) is 8.32. The highest BCUT2D eigenvalue weighted by atomic mass is 79.9. The molecule has 0 radical (unpaired) electrons. The maximum absolute atomic E-state index is 12.7. The number of benzene rings is 3. The number of carbonyl (C=O) groups is 1. The van der Waals surface area contributed by atoms with Crippen LogP contribution < -0.4 is 14.8 Å². The fraction of sp³-hybridized carbons (Fsp3) is 0.154. The van der Waals surface area contributed by atoms with Gasteiger partial charge in [-0.3, -0.25) is 4.79 Å². The van der Waals surface area contributed by atoms with Gasteiger partial charge in [-0.2, -0.15) is 5.26 Å². The van der Waals surface area contributed by atoms with Gasteiger partial charge in [-0.05, 0) is 92.7 Å². The van der Waals surface area contributed by atoms with E-state index >= 15 is 0 Å². The van der Waals surface area contributed by atoms with Gasteiger partial charge in [0.05, 0.1) is 12.8 Å². The van der Waals surface area contributed by atoms with Gasteiger partial charge in [0, 0.05) is 8.95 Å². The lowest BCUT2D eigenvalue weighted by atomic mass is 10.1. The summed E-state index contributed by atoms with van der Waals surface area (Å²) in [5.74, 6) is 0.574. The molecular formula is C26H22Br2N2O3. The molecule has 7 heteroatoms. The van der Waals surface area contributed by atoms with Gasteiger partial charge in [0.25, 0.3) is 5.91 Å². The van der Waals surface area contributed by atoms with E-state index in [1.807, 2.05) is 56.3 Å². The molecule has 0 aliphatic carbocycles. The third kappa shape index (κ3) is 6.47. The smallest absolute Gasteiger partial charge is 0.266 e. The Balaban J connectivity index is 1.78. The molecule has 1 N–H and O–H groups in total. The van der Waals surface area contributed by atoms with Crippen molar-refractivity contribution in [2.75, 3.05) is 12.4 Å². The second-order valence-corrected chi connectivity index (χ2v) is 9.12. The van der Waals surface area contributed by atoms with Crippen LogP contribution in [0.15, 0.2) is 69.1 Å². The van der Waals surface area contributed by atoms with E-state index in [4.69, 9.17) is 9.47 Å². The summed E-state index contributed by atoms with van der Waals surface area (Å²) in [6, 6.07) is 19.1. The number of nitrogens with zero attached hydrogens (tertiary/aromatic N) is 1. The van der Waals surface area contributed by atoms with Gasteiger partial charge in [0.2, 0.25) is 0 Å². The minimum Gasteiger partial charge on any atom is -0.493 e. The van der Waals surface area contributed by atoms with Crippen LogP contribution >= 0.6 is 31.9 Å². The minimum absolute atomic E-state index is 0.0373. The van der Waals surface area contributed by atoms with E-state index in [1.165, 1.54) is 11.6 Å². The number of nitrogens with one attached hydrogen (secondary N) is 1. The van der Waals surface area contributed by atoms with E-state index < -0.39 is 5.91 Å². The molecule has 0 spiro atoms. The summed E-state index contributed by atoms with van der Waals surface area (Å²) in [6.07, 6.45) is 1.51. The number of aryl methyl sites for hydroxylation is 2. The average Bonchev–Trinajstić information content (AvgIpc) is 2.79. The summed E-state index contributed by atoms with van der Waals surface area (Å²) >= 11 is 6.90. The van der Waals surface area contributed by atoms with Crippen molar-refractivity contribution in [3.63, 3.8) is 0 Å². The van der Waals surface area contributed by atoms with E-state index in [2.05, 4.69) is 37.2 Å². The molecule has 0 aliphatic rings. The highest BCUT2D eigenvalue weighted by molar-refractivity contribution is 9.11. The standard InChI is InChI=1S/C26H22Br2N2O3/c1-16-4-6-18(7-5-16)15-33-23-9-8-19(13-24(23)32-3)12-20(14-29)26(31)30-25-21(27)10-17(2)11-22(25)28/h4-13H,15H2,1-3H3,(H,30,31)/b20-12+. The Morgan fingerprint density at radius 3 is 2.27 bits per heavy atom. The second kappa shape index (κ2) is 11.2. The molecule has 0 bridgehead atoms. The monoisotopic (exact) mass is 568 g/mol. The van der Waals surface area contributed by atoms with Crippen LogP contribution in [0.5, 0.6) is 11.5 Å². The Hall–Kier alpha value is -3.08. The van der Waals surface area contributed by atoms with Crippen molar-refractivity contribution >= 4 is 49.5 Å². The average molecular weight is 570 g/mol. The number of rotatable bonds is 7. The van der Waals surface area contributed by atoms with Crippen molar-refractivity contribution in [2.45, 2.75) is 20.5 Å². The maximum atomic E-state index is 12.7. The molecule has 3 aromatic rings. The molecule has 5 nitrogen and oxygen atoms in total. The van der Waals surface area contributed by atoms with Gasteiger partial charge in [-0.25, -0.2) is 0 Å². The lowest BCUT2D eigenvalue weighted by Gasteiger charge is -2.12. The van der Waals surface area contributed by atoms with Crippen molar-refractivity contribution in [3.05, 3.63) is 91.4 Å². The molecule has 0 unspecified atom stereocenters. The van der Waals surface area contributed by atoms with Crippen LogP contribution in [0.4, 0.5) is 5.69 Å². The Labute approximate surface area is 210 Å². The molecule has 168 valence electrons. The fourth-order valence-electron chi connectivity index (χ4n) is 3.05. The number of carbonyl (C=O) groups excluding carboxylic acids is 1. The number of anilines is 1. The molecule has 1 amide bonds. The summed E-state index contributed by atoms with van der Waals surface area (Å²) in [5, 5.41) is 12.4. The first kappa shape index (κ1) is 24.6. The highest BCUT2D eigenvalue weighted by Crippen LogP contribution is 2.33. The van der Waals surface area contributed by atoms with Crippen LogP contribution in [0.25, 0.3) is 6.08 Å². The van der Waals surface area contributed by atoms with Crippen LogP contribution in [0, 0.1) is 25.2 Å². The van der Waals surface area contributed by atoms with Crippen LogP contribution in [0.2, 0.25) is 0 Å².